The Morgan fingerprint density at radius 2 is 1.15 bits per heavy atom. The van der Waals surface area contributed by atoms with Gasteiger partial charge in [0.2, 0.25) is 0 Å². The Balaban J connectivity index is 1.77. The highest BCUT2D eigenvalue weighted by Crippen LogP contribution is 2.40. The third kappa shape index (κ3) is 4.66. The van der Waals surface area contributed by atoms with E-state index in [4.69, 9.17) is 9.41 Å². The summed E-state index contributed by atoms with van der Waals surface area (Å²) in [6.07, 6.45) is 5.03. The first kappa shape index (κ1) is 24.2. The molecule has 0 bridgehead atoms. The minimum absolute atomic E-state index is 0.509. The SMILES string of the molecule is CC[Si](CC)(CC)OCCc1cn(C(c2ccccc2)(c2ccccc2)c2ccccc2)cn1. The van der Waals surface area contributed by atoms with Crippen LogP contribution in [0, 0.1) is 0 Å². The highest BCUT2D eigenvalue weighted by atomic mass is 28.4. The summed E-state index contributed by atoms with van der Waals surface area (Å²) in [6, 6.07) is 35.7. The van der Waals surface area contributed by atoms with Gasteiger partial charge in [0.25, 0.3) is 0 Å². The van der Waals surface area contributed by atoms with E-state index in [9.17, 15) is 0 Å². The van der Waals surface area contributed by atoms with E-state index in [-0.39, 0.29) is 0 Å². The van der Waals surface area contributed by atoms with Crippen molar-refractivity contribution in [3.05, 3.63) is 126 Å². The zero-order valence-corrected chi connectivity index (χ0v) is 21.7. The van der Waals surface area contributed by atoms with Crippen LogP contribution in [0.25, 0.3) is 0 Å². The van der Waals surface area contributed by atoms with Gasteiger partial charge in [-0.25, -0.2) is 4.98 Å². The van der Waals surface area contributed by atoms with Crippen LogP contribution in [0.4, 0.5) is 0 Å². The first-order valence-corrected chi connectivity index (χ1v) is 15.1. The Morgan fingerprint density at radius 3 is 1.56 bits per heavy atom. The fraction of sp³-hybridized carbons (Fsp3) is 0.300. The van der Waals surface area contributed by atoms with E-state index in [1.165, 1.54) is 34.8 Å². The molecule has 34 heavy (non-hydrogen) atoms. The second kappa shape index (κ2) is 11.0. The normalized spacial score (nSPS) is 12.1. The van der Waals surface area contributed by atoms with Gasteiger partial charge in [0, 0.05) is 19.2 Å². The monoisotopic (exact) mass is 468 g/mol. The topological polar surface area (TPSA) is 27.1 Å². The predicted octanol–water partition coefficient (Wildman–Crippen LogP) is 7.29. The largest absolute Gasteiger partial charge is 0.416 e. The van der Waals surface area contributed by atoms with Crippen LogP contribution in [0.5, 0.6) is 0 Å². The summed E-state index contributed by atoms with van der Waals surface area (Å²) in [5.74, 6) is 0. The van der Waals surface area contributed by atoms with E-state index < -0.39 is 13.9 Å². The van der Waals surface area contributed by atoms with Gasteiger partial charge in [0.15, 0.2) is 8.32 Å². The molecule has 0 aliphatic rings. The van der Waals surface area contributed by atoms with Gasteiger partial charge >= 0.3 is 0 Å². The van der Waals surface area contributed by atoms with Crippen molar-refractivity contribution in [3.63, 3.8) is 0 Å². The quantitative estimate of drug-likeness (QED) is 0.171. The van der Waals surface area contributed by atoms with E-state index in [0.29, 0.717) is 0 Å². The molecule has 0 radical (unpaired) electrons. The molecule has 0 aliphatic heterocycles. The number of hydrogen-bond donors (Lipinski definition) is 0. The van der Waals surface area contributed by atoms with Crippen LogP contribution < -0.4 is 0 Å². The number of aromatic nitrogens is 2. The van der Waals surface area contributed by atoms with Crippen LogP contribution in [-0.2, 0) is 16.4 Å². The third-order valence-electron chi connectivity index (χ3n) is 7.30. The average Bonchev–Trinajstić information content (AvgIpc) is 3.38. The minimum Gasteiger partial charge on any atom is -0.416 e. The summed E-state index contributed by atoms with van der Waals surface area (Å²) < 4.78 is 8.80. The van der Waals surface area contributed by atoms with E-state index >= 15 is 0 Å². The van der Waals surface area contributed by atoms with Gasteiger partial charge in [-0.15, -0.1) is 0 Å². The molecule has 4 aromatic rings. The molecule has 0 atom stereocenters. The maximum atomic E-state index is 6.52. The van der Waals surface area contributed by atoms with Crippen LogP contribution in [-0.4, -0.2) is 24.5 Å². The first-order chi connectivity index (χ1) is 16.7. The Hall–Kier alpha value is -2.95. The van der Waals surface area contributed by atoms with E-state index in [1.807, 2.05) is 6.33 Å². The fourth-order valence-corrected chi connectivity index (χ4v) is 7.74. The summed E-state index contributed by atoms with van der Waals surface area (Å²) in [5, 5.41) is 0. The molecule has 1 aromatic heterocycles. The molecule has 0 spiro atoms. The molecule has 0 unspecified atom stereocenters. The summed E-state index contributed by atoms with van der Waals surface area (Å²) in [6.45, 7) is 7.58. The second-order valence-electron chi connectivity index (χ2n) is 8.92. The first-order valence-electron chi connectivity index (χ1n) is 12.5. The summed E-state index contributed by atoms with van der Waals surface area (Å²) in [4.78, 5) is 4.85. The Morgan fingerprint density at radius 1 is 0.706 bits per heavy atom. The van der Waals surface area contributed by atoms with Gasteiger partial charge in [-0.2, -0.15) is 0 Å². The molecule has 0 saturated carbocycles. The van der Waals surface area contributed by atoms with Crippen LogP contribution in [0.1, 0.15) is 43.2 Å². The lowest BCUT2D eigenvalue weighted by Crippen LogP contribution is -2.37. The summed E-state index contributed by atoms with van der Waals surface area (Å²) in [7, 11) is -1.59. The summed E-state index contributed by atoms with van der Waals surface area (Å²) in [5.41, 5.74) is 4.19. The lowest BCUT2D eigenvalue weighted by atomic mass is 9.77. The smallest absolute Gasteiger partial charge is 0.191 e. The van der Waals surface area contributed by atoms with Gasteiger partial charge in [0.05, 0.1) is 12.0 Å². The molecular formula is C30H36N2OSi. The molecule has 0 aliphatic carbocycles. The predicted molar refractivity (Wildman–Crippen MR) is 144 cm³/mol. The van der Waals surface area contributed by atoms with Crippen molar-refractivity contribution in [2.75, 3.05) is 6.61 Å². The van der Waals surface area contributed by atoms with E-state index in [1.54, 1.807) is 0 Å². The van der Waals surface area contributed by atoms with Crippen molar-refractivity contribution in [1.82, 2.24) is 9.55 Å². The maximum Gasteiger partial charge on any atom is 0.191 e. The van der Waals surface area contributed by atoms with E-state index in [2.05, 4.69) is 123 Å². The molecule has 0 fully saturated rings. The number of nitrogens with zero attached hydrogens (tertiary/aromatic N) is 2. The molecule has 1 heterocycles. The van der Waals surface area contributed by atoms with Crippen LogP contribution in [0.15, 0.2) is 104 Å². The Labute approximate surface area is 205 Å². The van der Waals surface area contributed by atoms with Crippen molar-refractivity contribution in [2.45, 2.75) is 50.9 Å². The molecule has 0 amide bonds. The fourth-order valence-electron chi connectivity index (χ4n) is 5.09. The van der Waals surface area contributed by atoms with Crippen molar-refractivity contribution < 1.29 is 4.43 Å². The molecule has 3 nitrogen and oxygen atoms in total. The minimum atomic E-state index is -1.59. The Kier molecular flexibility index (Phi) is 7.81. The molecule has 3 aromatic carbocycles. The molecule has 0 N–H and O–H groups in total. The lowest BCUT2D eigenvalue weighted by Gasteiger charge is -2.37. The third-order valence-corrected chi connectivity index (χ3v) is 12.0. The van der Waals surface area contributed by atoms with Gasteiger partial charge < -0.3 is 8.99 Å². The lowest BCUT2D eigenvalue weighted by molar-refractivity contribution is 0.302. The standard InChI is InChI=1S/C30H36N2OSi/c1-4-34(5-2,6-3)33-23-22-29-24-32(25-31-29)30(26-16-10-7-11-17-26,27-18-12-8-13-19-27)28-20-14-9-15-21-28/h7-21,24-25H,4-6,22-23H2,1-3H3. The summed E-state index contributed by atoms with van der Waals surface area (Å²) >= 11 is 0. The van der Waals surface area contributed by atoms with Crippen LogP contribution in [0.3, 0.4) is 0 Å². The van der Waals surface area contributed by atoms with Crippen molar-refractivity contribution in [3.8, 4) is 0 Å². The average molecular weight is 469 g/mol. The van der Waals surface area contributed by atoms with Crippen LogP contribution in [0.2, 0.25) is 18.1 Å². The van der Waals surface area contributed by atoms with Crippen LogP contribution >= 0.6 is 0 Å². The molecule has 176 valence electrons. The number of rotatable bonds is 11. The molecule has 4 heteroatoms. The molecule has 4 rings (SSSR count). The number of benzene rings is 3. The van der Waals surface area contributed by atoms with E-state index in [0.717, 1.165) is 18.7 Å². The highest BCUT2D eigenvalue weighted by Gasteiger charge is 2.38. The second-order valence-corrected chi connectivity index (χ2v) is 13.7. The number of imidazole rings is 1. The molecule has 0 saturated heterocycles. The van der Waals surface area contributed by atoms with Gasteiger partial charge in [0.1, 0.15) is 5.54 Å². The highest BCUT2D eigenvalue weighted by molar-refractivity contribution is 6.73. The zero-order chi connectivity index (χ0) is 23.9. The van der Waals surface area contributed by atoms with Crippen molar-refractivity contribution in [2.24, 2.45) is 0 Å². The van der Waals surface area contributed by atoms with Gasteiger partial charge in [-0.3, -0.25) is 0 Å². The zero-order valence-electron chi connectivity index (χ0n) is 20.7. The van der Waals surface area contributed by atoms with Gasteiger partial charge in [-0.1, -0.05) is 112 Å². The van der Waals surface area contributed by atoms with Gasteiger partial charge in [-0.05, 0) is 34.8 Å². The maximum absolute atomic E-state index is 6.52. The Bertz CT molecular complexity index is 1030. The number of hydrogen-bond acceptors (Lipinski definition) is 2. The molecular weight excluding hydrogens is 432 g/mol. The van der Waals surface area contributed by atoms with Crippen molar-refractivity contribution in [1.29, 1.82) is 0 Å². The van der Waals surface area contributed by atoms with Crippen molar-refractivity contribution >= 4 is 8.32 Å².